The third-order valence-electron chi connectivity index (χ3n) is 4.43. The van der Waals surface area contributed by atoms with Crippen LogP contribution in [-0.4, -0.2) is 57.3 Å². The highest BCUT2D eigenvalue weighted by atomic mass is 15.1. The Labute approximate surface area is 164 Å². The maximum Gasteiger partial charge on any atom is 0.0234 e. The Kier molecular flexibility index (Phi) is 11.4. The maximum absolute atomic E-state index is 5.75. The number of benzene rings is 2. The van der Waals surface area contributed by atoms with Gasteiger partial charge in [0.15, 0.2) is 0 Å². The molecule has 2 aromatic carbocycles. The van der Waals surface area contributed by atoms with Crippen molar-refractivity contribution in [3.63, 3.8) is 0 Å². The van der Waals surface area contributed by atoms with Gasteiger partial charge < -0.3 is 21.7 Å². The van der Waals surface area contributed by atoms with E-state index in [1.807, 2.05) is 0 Å². The molecule has 5 heteroatoms. The lowest BCUT2D eigenvalue weighted by atomic mass is 10.2. The minimum Gasteiger partial charge on any atom is -0.329 e. The van der Waals surface area contributed by atoms with E-state index in [1.54, 1.807) is 0 Å². The zero-order valence-electron chi connectivity index (χ0n) is 16.4. The van der Waals surface area contributed by atoms with Crippen molar-refractivity contribution in [2.45, 2.75) is 13.1 Å². The second-order valence-electron chi connectivity index (χ2n) is 6.71. The molecule has 0 aliphatic heterocycles. The Balaban J connectivity index is 1.44. The van der Waals surface area contributed by atoms with E-state index < -0.39 is 0 Å². The Morgan fingerprint density at radius 3 is 1.81 bits per heavy atom. The molecule has 0 unspecified atom stereocenters. The normalized spacial score (nSPS) is 11.2. The van der Waals surface area contributed by atoms with Crippen LogP contribution in [-0.2, 0) is 13.1 Å². The summed E-state index contributed by atoms with van der Waals surface area (Å²) in [6, 6.07) is 21.1. The van der Waals surface area contributed by atoms with Crippen LogP contribution in [0.1, 0.15) is 11.1 Å². The van der Waals surface area contributed by atoms with Crippen LogP contribution in [0.2, 0.25) is 0 Å². The monoisotopic (exact) mass is 369 g/mol. The van der Waals surface area contributed by atoms with Crippen LogP contribution in [0.25, 0.3) is 0 Å². The van der Waals surface area contributed by atoms with Gasteiger partial charge in [-0.1, -0.05) is 60.7 Å². The molecule has 0 aliphatic carbocycles. The van der Waals surface area contributed by atoms with E-state index >= 15 is 0 Å². The summed E-state index contributed by atoms with van der Waals surface area (Å²) in [4.78, 5) is 2.41. The Morgan fingerprint density at radius 1 is 0.630 bits per heavy atom. The molecule has 0 heterocycles. The van der Waals surface area contributed by atoms with E-state index in [-0.39, 0.29) is 0 Å². The van der Waals surface area contributed by atoms with Crippen molar-refractivity contribution in [2.75, 3.05) is 52.4 Å². The maximum atomic E-state index is 5.75. The minimum atomic E-state index is 0.699. The van der Waals surface area contributed by atoms with Gasteiger partial charge in [0, 0.05) is 65.4 Å². The van der Waals surface area contributed by atoms with Crippen LogP contribution in [0.4, 0.5) is 0 Å². The van der Waals surface area contributed by atoms with Crippen LogP contribution in [0.5, 0.6) is 0 Å². The lowest BCUT2D eigenvalue weighted by Gasteiger charge is -2.22. The molecule has 0 aliphatic rings. The fraction of sp³-hybridized carbons (Fsp3) is 0.455. The van der Waals surface area contributed by atoms with E-state index in [9.17, 15) is 0 Å². The fourth-order valence-electron chi connectivity index (χ4n) is 2.96. The summed E-state index contributed by atoms with van der Waals surface area (Å²) in [5.41, 5.74) is 8.43. The quantitative estimate of drug-likeness (QED) is 0.358. The molecule has 0 saturated carbocycles. The standard InChI is InChI=1S/C22H35N5/c23-11-17-27(20-22-9-5-2-6-10-22)18-16-25-13-12-24-14-15-26-19-21-7-3-1-4-8-21/h1-10,24-26H,11-20,23H2. The number of nitrogens with one attached hydrogen (secondary N) is 3. The molecule has 2 rings (SSSR count). The van der Waals surface area contributed by atoms with Gasteiger partial charge >= 0.3 is 0 Å². The molecule has 5 N–H and O–H groups in total. The van der Waals surface area contributed by atoms with Gasteiger partial charge in [0.2, 0.25) is 0 Å². The fourth-order valence-corrected chi connectivity index (χ4v) is 2.96. The Hall–Kier alpha value is -1.76. The average Bonchev–Trinajstić information content (AvgIpc) is 2.71. The summed E-state index contributed by atoms with van der Waals surface area (Å²) in [7, 11) is 0. The summed E-state index contributed by atoms with van der Waals surface area (Å²) in [6.45, 7) is 9.48. The number of hydrogen-bond acceptors (Lipinski definition) is 5. The van der Waals surface area contributed by atoms with Gasteiger partial charge in [0.25, 0.3) is 0 Å². The van der Waals surface area contributed by atoms with E-state index in [0.717, 1.165) is 58.9 Å². The topological polar surface area (TPSA) is 65.3 Å². The lowest BCUT2D eigenvalue weighted by Crippen LogP contribution is -2.38. The highest BCUT2D eigenvalue weighted by Crippen LogP contribution is 2.03. The summed E-state index contributed by atoms with van der Waals surface area (Å²) in [6.07, 6.45) is 0. The van der Waals surface area contributed by atoms with Gasteiger partial charge in [-0.25, -0.2) is 0 Å². The van der Waals surface area contributed by atoms with Gasteiger partial charge in [-0.05, 0) is 11.1 Å². The molecule has 0 spiro atoms. The van der Waals surface area contributed by atoms with Crippen molar-refractivity contribution in [1.82, 2.24) is 20.9 Å². The van der Waals surface area contributed by atoms with Crippen LogP contribution in [0, 0.1) is 0 Å². The van der Waals surface area contributed by atoms with Crippen molar-refractivity contribution in [3.8, 4) is 0 Å². The first-order valence-electron chi connectivity index (χ1n) is 10.0. The number of hydrogen-bond donors (Lipinski definition) is 4. The molecule has 0 saturated heterocycles. The van der Waals surface area contributed by atoms with E-state index in [2.05, 4.69) is 81.5 Å². The average molecular weight is 370 g/mol. The Morgan fingerprint density at radius 2 is 1.19 bits per heavy atom. The molecule has 0 bridgehead atoms. The van der Waals surface area contributed by atoms with E-state index in [0.29, 0.717) is 6.54 Å². The highest BCUT2D eigenvalue weighted by molar-refractivity contribution is 5.15. The zero-order valence-corrected chi connectivity index (χ0v) is 16.4. The summed E-state index contributed by atoms with van der Waals surface area (Å²) >= 11 is 0. The molecule has 0 amide bonds. The molecule has 2 aromatic rings. The molecular formula is C22H35N5. The Bertz CT molecular complexity index is 576. The van der Waals surface area contributed by atoms with Crippen LogP contribution in [0.3, 0.4) is 0 Å². The van der Waals surface area contributed by atoms with Gasteiger partial charge in [-0.15, -0.1) is 0 Å². The van der Waals surface area contributed by atoms with E-state index in [4.69, 9.17) is 5.73 Å². The summed E-state index contributed by atoms with van der Waals surface area (Å²) in [5.74, 6) is 0. The third-order valence-corrected chi connectivity index (χ3v) is 4.43. The van der Waals surface area contributed by atoms with Crippen molar-refractivity contribution < 1.29 is 0 Å². The minimum absolute atomic E-state index is 0.699. The van der Waals surface area contributed by atoms with Crippen molar-refractivity contribution in [3.05, 3.63) is 71.8 Å². The SMILES string of the molecule is NCCN(CCNCCNCCNCc1ccccc1)Cc1ccccc1. The predicted octanol–water partition coefficient (Wildman–Crippen LogP) is 1.42. The highest BCUT2D eigenvalue weighted by Gasteiger charge is 2.04. The molecule has 0 aromatic heterocycles. The van der Waals surface area contributed by atoms with Gasteiger partial charge in [-0.3, -0.25) is 4.90 Å². The van der Waals surface area contributed by atoms with Gasteiger partial charge in [0.1, 0.15) is 0 Å². The lowest BCUT2D eigenvalue weighted by molar-refractivity contribution is 0.272. The second-order valence-corrected chi connectivity index (χ2v) is 6.71. The summed E-state index contributed by atoms with van der Waals surface area (Å²) < 4.78 is 0. The molecule has 148 valence electrons. The first kappa shape index (κ1) is 21.5. The van der Waals surface area contributed by atoms with Gasteiger partial charge in [0.05, 0.1) is 0 Å². The molecule has 0 radical (unpaired) electrons. The first-order valence-corrected chi connectivity index (χ1v) is 10.0. The largest absolute Gasteiger partial charge is 0.329 e. The first-order chi connectivity index (χ1) is 13.4. The molecule has 0 fully saturated rings. The summed E-state index contributed by atoms with van der Waals surface area (Å²) in [5, 5.41) is 10.4. The van der Waals surface area contributed by atoms with Crippen LogP contribution < -0.4 is 21.7 Å². The van der Waals surface area contributed by atoms with E-state index in [1.165, 1.54) is 11.1 Å². The van der Waals surface area contributed by atoms with Crippen LogP contribution in [0.15, 0.2) is 60.7 Å². The third kappa shape index (κ3) is 10.2. The van der Waals surface area contributed by atoms with Crippen LogP contribution >= 0.6 is 0 Å². The predicted molar refractivity (Wildman–Crippen MR) is 115 cm³/mol. The molecule has 27 heavy (non-hydrogen) atoms. The molecular weight excluding hydrogens is 334 g/mol. The van der Waals surface area contributed by atoms with Gasteiger partial charge in [-0.2, -0.15) is 0 Å². The number of nitrogens with two attached hydrogens (primary N) is 1. The smallest absolute Gasteiger partial charge is 0.0234 e. The zero-order chi connectivity index (χ0) is 19.0. The number of nitrogens with zero attached hydrogens (tertiary/aromatic N) is 1. The van der Waals surface area contributed by atoms with Crippen molar-refractivity contribution in [2.24, 2.45) is 5.73 Å². The molecule has 5 nitrogen and oxygen atoms in total. The number of rotatable bonds is 15. The van der Waals surface area contributed by atoms with Crippen molar-refractivity contribution in [1.29, 1.82) is 0 Å². The molecule has 0 atom stereocenters. The second kappa shape index (κ2) is 14.3. The van der Waals surface area contributed by atoms with Crippen molar-refractivity contribution >= 4 is 0 Å².